The Kier molecular flexibility index (Phi) is 5.12. The van der Waals surface area contributed by atoms with E-state index in [1.165, 1.54) is 6.92 Å². The van der Waals surface area contributed by atoms with Gasteiger partial charge in [0.1, 0.15) is 16.9 Å². The number of nitrogens with one attached hydrogen (secondary N) is 2. The van der Waals surface area contributed by atoms with Gasteiger partial charge >= 0.3 is 0 Å². The van der Waals surface area contributed by atoms with Crippen LogP contribution in [0.3, 0.4) is 0 Å². The zero-order chi connectivity index (χ0) is 22.1. The van der Waals surface area contributed by atoms with Crippen molar-refractivity contribution in [2.75, 3.05) is 5.32 Å². The van der Waals surface area contributed by atoms with Crippen LogP contribution in [0.2, 0.25) is 5.02 Å². The molecule has 0 saturated heterocycles. The summed E-state index contributed by atoms with van der Waals surface area (Å²) in [6, 6.07) is 15.2. The average Bonchev–Trinajstić information content (AvgIpc) is 3.23. The summed E-state index contributed by atoms with van der Waals surface area (Å²) in [4.78, 5) is 17.0. The topological polar surface area (TPSA) is 107 Å². The Bertz CT molecular complexity index is 1440. The highest BCUT2D eigenvalue weighted by Gasteiger charge is 2.20. The first kappa shape index (κ1) is 20.1. The van der Waals surface area contributed by atoms with Crippen molar-refractivity contribution in [3.63, 3.8) is 0 Å². The first-order valence-corrected chi connectivity index (χ1v) is 9.60. The number of Topliss-reactive ketones (excluding diaryl/α,β-unsaturated/α-hetero) is 1. The zero-order valence-corrected chi connectivity index (χ0v) is 17.4. The van der Waals surface area contributed by atoms with Gasteiger partial charge in [-0.05, 0) is 49.2 Å². The quantitative estimate of drug-likeness (QED) is 0.277. The molecule has 0 saturated carbocycles. The Morgan fingerprint density at radius 3 is 2.74 bits per heavy atom. The number of ketones is 1. The molecule has 7 nitrogen and oxygen atoms in total. The van der Waals surface area contributed by atoms with Crippen molar-refractivity contribution >= 4 is 34.2 Å². The number of nitrogens with zero attached hydrogens (tertiary/aromatic N) is 4. The van der Waals surface area contributed by atoms with E-state index in [1.807, 2.05) is 19.1 Å². The number of pyridine rings is 1. The minimum atomic E-state index is -0.200. The van der Waals surface area contributed by atoms with Crippen LogP contribution in [0.4, 0.5) is 5.82 Å². The molecule has 0 aliphatic heterocycles. The molecule has 0 atom stereocenters. The van der Waals surface area contributed by atoms with Crippen LogP contribution in [0.1, 0.15) is 28.4 Å². The molecule has 0 fully saturated rings. The first-order valence-electron chi connectivity index (χ1n) is 9.22. The van der Waals surface area contributed by atoms with Gasteiger partial charge in [0.2, 0.25) is 0 Å². The van der Waals surface area contributed by atoms with E-state index in [9.17, 15) is 10.1 Å². The van der Waals surface area contributed by atoms with Crippen molar-refractivity contribution in [3.8, 4) is 40.9 Å². The Labute approximate surface area is 183 Å². The maximum Gasteiger partial charge on any atom is 0.163 e. The molecular weight excluding hydrogens is 412 g/mol. The number of aromatic amines is 1. The van der Waals surface area contributed by atoms with Gasteiger partial charge in [-0.3, -0.25) is 10.1 Å². The lowest BCUT2D eigenvalue weighted by atomic mass is 9.92. The number of carbonyl (C=O) groups is 1. The van der Waals surface area contributed by atoms with E-state index >= 15 is 0 Å². The maximum absolute atomic E-state index is 12.3. The number of terminal acetylenes is 1. The van der Waals surface area contributed by atoms with Crippen LogP contribution in [0, 0.1) is 30.7 Å². The van der Waals surface area contributed by atoms with E-state index in [0.717, 1.165) is 11.1 Å². The predicted octanol–water partition coefficient (Wildman–Crippen LogP) is 4.73. The lowest BCUT2D eigenvalue weighted by Gasteiger charge is -2.16. The van der Waals surface area contributed by atoms with Crippen LogP contribution < -0.4 is 5.32 Å². The van der Waals surface area contributed by atoms with Crippen LogP contribution >= 0.6 is 11.6 Å². The molecule has 0 aliphatic rings. The monoisotopic (exact) mass is 426 g/mol. The molecular formula is C23H15ClN6O. The van der Waals surface area contributed by atoms with E-state index in [-0.39, 0.29) is 11.6 Å². The van der Waals surface area contributed by atoms with E-state index in [4.69, 9.17) is 23.0 Å². The van der Waals surface area contributed by atoms with Crippen molar-refractivity contribution in [2.24, 2.45) is 0 Å². The molecule has 2 N–H and O–H groups in total. The van der Waals surface area contributed by atoms with Gasteiger partial charge < -0.3 is 0 Å². The van der Waals surface area contributed by atoms with Gasteiger partial charge in [0.05, 0.1) is 27.9 Å². The second-order valence-electron chi connectivity index (χ2n) is 6.85. The Balaban J connectivity index is 2.09. The summed E-state index contributed by atoms with van der Waals surface area (Å²) in [5.41, 5.74) is 5.38. The highest BCUT2D eigenvalue weighted by atomic mass is 35.5. The van der Waals surface area contributed by atoms with Crippen molar-refractivity contribution in [1.82, 2.24) is 20.4 Å². The molecule has 0 spiro atoms. The number of nitriles is 1. The Morgan fingerprint density at radius 2 is 2.03 bits per heavy atom. The van der Waals surface area contributed by atoms with Crippen LogP contribution in [-0.4, -0.2) is 26.2 Å². The number of anilines is 1. The standard InChI is InChI=1S/C23H15ClN6O/c1-4-26-23-17(13(3)31)10-18(15-8-19(24)22-20(9-15)28-30-29-22)21(27-23)16-7-5-6-14(11-25)12(16)2/h1,5-10H,2-3H3,(H,26,27)(H,28,29,30). The van der Waals surface area contributed by atoms with Crippen molar-refractivity contribution in [2.45, 2.75) is 13.8 Å². The lowest BCUT2D eigenvalue weighted by Crippen LogP contribution is -2.06. The highest BCUT2D eigenvalue weighted by Crippen LogP contribution is 2.38. The Morgan fingerprint density at radius 1 is 1.23 bits per heavy atom. The molecule has 2 heterocycles. The summed E-state index contributed by atoms with van der Waals surface area (Å²) in [7, 11) is 0. The van der Waals surface area contributed by atoms with Crippen LogP contribution in [-0.2, 0) is 0 Å². The molecule has 0 unspecified atom stereocenters. The minimum Gasteiger partial charge on any atom is -0.299 e. The predicted molar refractivity (Wildman–Crippen MR) is 119 cm³/mol. The van der Waals surface area contributed by atoms with Crippen LogP contribution in [0.25, 0.3) is 33.4 Å². The minimum absolute atomic E-state index is 0.200. The smallest absolute Gasteiger partial charge is 0.163 e. The van der Waals surface area contributed by atoms with Gasteiger partial charge in [0.15, 0.2) is 5.78 Å². The van der Waals surface area contributed by atoms with Gasteiger partial charge in [-0.15, -0.1) is 0 Å². The fourth-order valence-electron chi connectivity index (χ4n) is 3.45. The first-order chi connectivity index (χ1) is 14.9. The number of halogens is 1. The number of hydrogen-bond acceptors (Lipinski definition) is 6. The molecule has 0 bridgehead atoms. The largest absolute Gasteiger partial charge is 0.299 e. The van der Waals surface area contributed by atoms with E-state index in [2.05, 4.69) is 32.8 Å². The fraction of sp³-hybridized carbons (Fsp3) is 0.0870. The molecule has 2 aromatic carbocycles. The number of benzene rings is 2. The molecule has 4 rings (SSSR count). The third kappa shape index (κ3) is 3.48. The molecule has 31 heavy (non-hydrogen) atoms. The van der Waals surface area contributed by atoms with Crippen LogP contribution in [0.15, 0.2) is 36.4 Å². The molecule has 150 valence electrons. The number of hydrogen-bond donors (Lipinski definition) is 2. The number of fused-ring (bicyclic) bond motifs is 1. The number of aromatic nitrogens is 4. The molecule has 0 aliphatic carbocycles. The molecule has 0 radical (unpaired) electrons. The van der Waals surface area contributed by atoms with Gasteiger partial charge in [0, 0.05) is 17.2 Å². The van der Waals surface area contributed by atoms with E-state index < -0.39 is 0 Å². The summed E-state index contributed by atoms with van der Waals surface area (Å²) in [5.74, 6) is 0.0679. The molecule has 4 aromatic rings. The third-order valence-corrected chi connectivity index (χ3v) is 5.28. The lowest BCUT2D eigenvalue weighted by molar-refractivity contribution is 0.101. The number of H-pyrrole nitrogens is 1. The maximum atomic E-state index is 12.3. The Hall–Kier alpha value is -4.20. The number of rotatable bonds is 4. The summed E-state index contributed by atoms with van der Waals surface area (Å²) >= 11 is 6.42. The summed E-state index contributed by atoms with van der Waals surface area (Å²) in [6.45, 7) is 3.29. The van der Waals surface area contributed by atoms with E-state index in [0.29, 0.717) is 44.0 Å². The van der Waals surface area contributed by atoms with Crippen LogP contribution in [0.5, 0.6) is 0 Å². The summed E-state index contributed by atoms with van der Waals surface area (Å²) < 4.78 is 0. The summed E-state index contributed by atoms with van der Waals surface area (Å²) in [5, 5.41) is 23.3. The third-order valence-electron chi connectivity index (χ3n) is 4.99. The van der Waals surface area contributed by atoms with Crippen molar-refractivity contribution in [3.05, 3.63) is 58.1 Å². The van der Waals surface area contributed by atoms with Crippen molar-refractivity contribution in [1.29, 1.82) is 5.26 Å². The van der Waals surface area contributed by atoms with Gasteiger partial charge in [-0.25, -0.2) is 4.98 Å². The molecule has 8 heteroatoms. The van der Waals surface area contributed by atoms with Gasteiger partial charge in [0.25, 0.3) is 0 Å². The SMILES string of the molecule is C#CNc1nc(-c2cccc(C#N)c2C)c(-c2cc(Cl)c3n[nH]nc3c2)cc1C(C)=O. The van der Waals surface area contributed by atoms with Crippen molar-refractivity contribution < 1.29 is 4.79 Å². The average molecular weight is 427 g/mol. The molecule has 2 aromatic heterocycles. The normalized spacial score (nSPS) is 10.5. The van der Waals surface area contributed by atoms with E-state index in [1.54, 1.807) is 24.3 Å². The second kappa shape index (κ2) is 7.91. The number of carbonyl (C=O) groups excluding carboxylic acids is 1. The highest BCUT2D eigenvalue weighted by molar-refractivity contribution is 6.35. The summed E-state index contributed by atoms with van der Waals surface area (Å²) in [6.07, 6.45) is 5.42. The van der Waals surface area contributed by atoms with Gasteiger partial charge in [-0.2, -0.15) is 20.7 Å². The fourth-order valence-corrected chi connectivity index (χ4v) is 3.71. The molecule has 0 amide bonds. The van der Waals surface area contributed by atoms with Gasteiger partial charge in [-0.1, -0.05) is 30.2 Å². The zero-order valence-electron chi connectivity index (χ0n) is 16.6. The second-order valence-corrected chi connectivity index (χ2v) is 7.25.